The molecule has 35 heavy (non-hydrogen) atoms. The van der Waals surface area contributed by atoms with Gasteiger partial charge in [0.2, 0.25) is 5.91 Å². The van der Waals surface area contributed by atoms with Gasteiger partial charge in [0.15, 0.2) is 5.69 Å². The summed E-state index contributed by atoms with van der Waals surface area (Å²) in [7, 11) is 0. The van der Waals surface area contributed by atoms with E-state index in [1.807, 2.05) is 49.4 Å². The van der Waals surface area contributed by atoms with Gasteiger partial charge in [0, 0.05) is 64.1 Å². The summed E-state index contributed by atoms with van der Waals surface area (Å²) in [4.78, 5) is 46.0. The maximum Gasteiger partial charge on any atom is 0.274 e. The first-order valence-corrected chi connectivity index (χ1v) is 11.9. The van der Waals surface area contributed by atoms with Gasteiger partial charge in [-0.15, -0.1) is 0 Å². The van der Waals surface area contributed by atoms with Crippen molar-refractivity contribution in [2.24, 2.45) is 0 Å². The van der Waals surface area contributed by atoms with Crippen LogP contribution in [0.2, 0.25) is 0 Å². The summed E-state index contributed by atoms with van der Waals surface area (Å²) in [5.41, 5.74) is 2.62. The van der Waals surface area contributed by atoms with Gasteiger partial charge in [-0.25, -0.2) is 0 Å². The second-order valence-electron chi connectivity index (χ2n) is 8.48. The molecule has 2 aromatic heterocycles. The minimum Gasteiger partial charge on any atom is -0.352 e. The molecule has 3 amide bonds. The number of nitrogens with zero attached hydrogens (tertiary/aromatic N) is 5. The van der Waals surface area contributed by atoms with Gasteiger partial charge in [-0.3, -0.25) is 24.0 Å². The zero-order valence-electron chi connectivity index (χ0n) is 19.9. The highest BCUT2D eigenvalue weighted by molar-refractivity contribution is 5.98. The molecule has 0 saturated heterocycles. The molecular weight excluding hydrogens is 444 g/mol. The lowest BCUT2D eigenvalue weighted by Gasteiger charge is -2.20. The van der Waals surface area contributed by atoms with Crippen LogP contribution in [0.15, 0.2) is 60.9 Å². The van der Waals surface area contributed by atoms with E-state index in [4.69, 9.17) is 0 Å². The van der Waals surface area contributed by atoms with Crippen molar-refractivity contribution < 1.29 is 14.4 Å². The number of benzene rings is 1. The SMILES string of the molecule is CCN(CCC(=O)NCc1cccnc1)C(=O)c1cc2n(n1)CCCN(Cc1ccccc1)C2=O. The van der Waals surface area contributed by atoms with Crippen LogP contribution < -0.4 is 5.32 Å². The van der Waals surface area contributed by atoms with E-state index < -0.39 is 0 Å². The zero-order valence-corrected chi connectivity index (χ0v) is 19.9. The number of amides is 3. The monoisotopic (exact) mass is 474 g/mol. The third-order valence-corrected chi connectivity index (χ3v) is 6.01. The molecule has 9 nitrogen and oxygen atoms in total. The Morgan fingerprint density at radius 3 is 2.63 bits per heavy atom. The highest BCUT2D eigenvalue weighted by Gasteiger charge is 2.27. The predicted molar refractivity (Wildman–Crippen MR) is 130 cm³/mol. The number of hydrogen-bond donors (Lipinski definition) is 1. The maximum absolute atomic E-state index is 13.2. The van der Waals surface area contributed by atoms with E-state index in [0.29, 0.717) is 38.4 Å². The largest absolute Gasteiger partial charge is 0.352 e. The van der Waals surface area contributed by atoms with Crippen LogP contribution in [0.3, 0.4) is 0 Å². The van der Waals surface area contributed by atoms with Gasteiger partial charge in [-0.05, 0) is 30.5 Å². The molecule has 0 radical (unpaired) electrons. The Labute approximate surface area is 204 Å². The van der Waals surface area contributed by atoms with Crippen LogP contribution in [0.5, 0.6) is 0 Å². The number of fused-ring (bicyclic) bond motifs is 1. The molecule has 3 heterocycles. The second kappa shape index (κ2) is 11.4. The number of nitrogens with one attached hydrogen (secondary N) is 1. The molecule has 1 aliphatic rings. The first-order chi connectivity index (χ1) is 17.0. The highest BCUT2D eigenvalue weighted by Crippen LogP contribution is 2.17. The minimum atomic E-state index is -0.282. The molecule has 0 bridgehead atoms. The van der Waals surface area contributed by atoms with Crippen molar-refractivity contribution in [2.45, 2.75) is 39.4 Å². The zero-order chi connectivity index (χ0) is 24.6. The summed E-state index contributed by atoms with van der Waals surface area (Å²) in [6, 6.07) is 15.1. The fourth-order valence-electron chi connectivity index (χ4n) is 4.09. The third kappa shape index (κ3) is 6.11. The fourth-order valence-corrected chi connectivity index (χ4v) is 4.09. The molecule has 0 aliphatic carbocycles. The van der Waals surface area contributed by atoms with Crippen LogP contribution in [-0.2, 0) is 24.4 Å². The Morgan fingerprint density at radius 2 is 1.89 bits per heavy atom. The number of hydrogen-bond acceptors (Lipinski definition) is 5. The summed E-state index contributed by atoms with van der Waals surface area (Å²) in [6.07, 6.45) is 4.32. The number of aryl methyl sites for hydroxylation is 1. The fraction of sp³-hybridized carbons (Fsp3) is 0.346. The molecule has 0 fully saturated rings. The van der Waals surface area contributed by atoms with Crippen molar-refractivity contribution in [2.75, 3.05) is 19.6 Å². The van der Waals surface area contributed by atoms with Gasteiger partial charge in [0.25, 0.3) is 11.8 Å². The van der Waals surface area contributed by atoms with Crippen molar-refractivity contribution in [3.05, 3.63) is 83.4 Å². The van der Waals surface area contributed by atoms with E-state index in [9.17, 15) is 14.4 Å². The smallest absolute Gasteiger partial charge is 0.274 e. The summed E-state index contributed by atoms with van der Waals surface area (Å²) in [6.45, 7) is 4.68. The molecule has 1 aliphatic heterocycles. The van der Waals surface area contributed by atoms with Crippen molar-refractivity contribution in [3.63, 3.8) is 0 Å². The molecular formula is C26H30N6O3. The van der Waals surface area contributed by atoms with E-state index in [1.54, 1.807) is 32.9 Å². The number of rotatable bonds is 9. The Balaban J connectivity index is 1.37. The van der Waals surface area contributed by atoms with Crippen molar-refractivity contribution >= 4 is 17.7 Å². The van der Waals surface area contributed by atoms with E-state index in [-0.39, 0.29) is 36.4 Å². The first-order valence-electron chi connectivity index (χ1n) is 11.9. The molecule has 1 N–H and O–H groups in total. The van der Waals surface area contributed by atoms with Crippen LogP contribution in [0.4, 0.5) is 0 Å². The summed E-state index contributed by atoms with van der Waals surface area (Å²) in [5.74, 6) is -0.557. The summed E-state index contributed by atoms with van der Waals surface area (Å²) >= 11 is 0. The molecule has 3 aromatic rings. The van der Waals surface area contributed by atoms with Crippen LogP contribution >= 0.6 is 0 Å². The quantitative estimate of drug-likeness (QED) is 0.514. The summed E-state index contributed by atoms with van der Waals surface area (Å²) < 4.78 is 1.63. The van der Waals surface area contributed by atoms with Crippen LogP contribution in [0.1, 0.15) is 51.9 Å². The predicted octanol–water partition coefficient (Wildman–Crippen LogP) is 2.49. The van der Waals surface area contributed by atoms with E-state index in [2.05, 4.69) is 15.4 Å². The molecule has 9 heteroatoms. The average molecular weight is 475 g/mol. The highest BCUT2D eigenvalue weighted by atomic mass is 16.2. The van der Waals surface area contributed by atoms with E-state index in [0.717, 1.165) is 17.5 Å². The van der Waals surface area contributed by atoms with Crippen LogP contribution in [-0.4, -0.2) is 61.9 Å². The summed E-state index contributed by atoms with van der Waals surface area (Å²) in [5, 5.41) is 7.29. The van der Waals surface area contributed by atoms with Crippen LogP contribution in [0.25, 0.3) is 0 Å². The second-order valence-corrected chi connectivity index (χ2v) is 8.48. The van der Waals surface area contributed by atoms with Gasteiger partial charge in [-0.1, -0.05) is 36.4 Å². The lowest BCUT2D eigenvalue weighted by atomic mass is 10.2. The van der Waals surface area contributed by atoms with Gasteiger partial charge >= 0.3 is 0 Å². The number of pyridine rings is 1. The van der Waals surface area contributed by atoms with Gasteiger partial charge in [0.05, 0.1) is 0 Å². The van der Waals surface area contributed by atoms with E-state index in [1.165, 1.54) is 0 Å². The molecule has 1 aromatic carbocycles. The molecule has 0 atom stereocenters. The molecule has 0 unspecified atom stereocenters. The number of aromatic nitrogens is 3. The minimum absolute atomic E-state index is 0.129. The normalized spacial score (nSPS) is 13.2. The average Bonchev–Trinajstić information content (AvgIpc) is 3.26. The molecule has 0 spiro atoms. The lowest BCUT2D eigenvalue weighted by molar-refractivity contribution is -0.121. The van der Waals surface area contributed by atoms with E-state index >= 15 is 0 Å². The molecule has 0 saturated carbocycles. The van der Waals surface area contributed by atoms with Crippen molar-refractivity contribution in [1.29, 1.82) is 0 Å². The molecule has 182 valence electrons. The topological polar surface area (TPSA) is 100 Å². The Morgan fingerprint density at radius 1 is 1.09 bits per heavy atom. The standard InChI is InChI=1S/C26H30N6O3/c1-2-30(15-11-24(33)28-18-21-10-6-12-27-17-21)25(34)22-16-23-26(35)31(13-7-14-32(23)29-22)19-20-8-4-3-5-9-20/h3-6,8-10,12,16-17H,2,7,11,13-15,18-19H2,1H3,(H,28,33). The van der Waals surface area contributed by atoms with Crippen molar-refractivity contribution in [3.8, 4) is 0 Å². The van der Waals surface area contributed by atoms with Gasteiger partial charge in [0.1, 0.15) is 5.69 Å². The van der Waals surface area contributed by atoms with Crippen LogP contribution in [0, 0.1) is 0 Å². The molecule has 4 rings (SSSR count). The Kier molecular flexibility index (Phi) is 7.87. The van der Waals surface area contributed by atoms with Crippen molar-refractivity contribution in [1.82, 2.24) is 29.9 Å². The first kappa shape index (κ1) is 24.1. The Bertz CT molecular complexity index is 1160. The lowest BCUT2D eigenvalue weighted by Crippen LogP contribution is -2.35. The maximum atomic E-state index is 13.2. The van der Waals surface area contributed by atoms with Gasteiger partial charge in [-0.2, -0.15) is 5.10 Å². The third-order valence-electron chi connectivity index (χ3n) is 6.01. The number of carbonyl (C=O) groups is 3. The Hall–Kier alpha value is -4.01. The number of carbonyl (C=O) groups excluding carboxylic acids is 3. The van der Waals surface area contributed by atoms with Gasteiger partial charge < -0.3 is 15.1 Å².